The molecule has 0 radical (unpaired) electrons. The summed E-state index contributed by atoms with van der Waals surface area (Å²) in [5.74, 6) is -0.886. The Morgan fingerprint density at radius 1 is 1.26 bits per heavy atom. The van der Waals surface area contributed by atoms with E-state index in [2.05, 4.69) is 5.32 Å². The van der Waals surface area contributed by atoms with Crippen LogP contribution in [0.5, 0.6) is 0 Å². The van der Waals surface area contributed by atoms with E-state index in [9.17, 15) is 9.59 Å². The van der Waals surface area contributed by atoms with Gasteiger partial charge >= 0.3 is 5.97 Å². The van der Waals surface area contributed by atoms with E-state index in [1.165, 1.54) is 7.11 Å². The number of amides is 1. The minimum absolute atomic E-state index is 0.0234. The molecule has 1 saturated carbocycles. The molecule has 1 aliphatic rings. The van der Waals surface area contributed by atoms with Gasteiger partial charge in [0.15, 0.2) is 0 Å². The highest BCUT2D eigenvalue weighted by atomic mass is 16.5. The molecule has 0 saturated heterocycles. The van der Waals surface area contributed by atoms with Gasteiger partial charge in [0.1, 0.15) is 0 Å². The molecule has 0 aromatic heterocycles. The standard InChI is InChI=1S/C18H26N2O3/c1-12(18(22)23-2)16(13-7-4-3-5-8-13)20-17(21)14-9-6-10-15(19)11-14/h3-5,7-8,12,14-16H,6,9-11,19H2,1-2H3,(H,20,21). The molecule has 5 nitrogen and oxygen atoms in total. The van der Waals surface area contributed by atoms with Crippen molar-refractivity contribution >= 4 is 11.9 Å². The maximum atomic E-state index is 12.6. The van der Waals surface area contributed by atoms with Gasteiger partial charge < -0.3 is 15.8 Å². The Labute approximate surface area is 137 Å². The molecule has 0 spiro atoms. The second-order valence-corrected chi connectivity index (χ2v) is 6.33. The summed E-state index contributed by atoms with van der Waals surface area (Å²) in [6.45, 7) is 1.77. The Bertz CT molecular complexity index is 532. The zero-order valence-electron chi connectivity index (χ0n) is 13.8. The summed E-state index contributed by atoms with van der Waals surface area (Å²) < 4.78 is 4.85. The van der Waals surface area contributed by atoms with Crippen LogP contribution in [0.4, 0.5) is 0 Å². The van der Waals surface area contributed by atoms with Crippen LogP contribution in [-0.4, -0.2) is 25.0 Å². The third kappa shape index (κ3) is 4.55. The Kier molecular flexibility index (Phi) is 6.16. The van der Waals surface area contributed by atoms with Gasteiger partial charge in [-0.1, -0.05) is 36.8 Å². The number of methoxy groups -OCH3 is 1. The largest absolute Gasteiger partial charge is 0.469 e. The molecule has 0 heterocycles. The summed E-state index contributed by atoms with van der Waals surface area (Å²) in [6, 6.07) is 9.23. The van der Waals surface area contributed by atoms with Crippen LogP contribution in [0, 0.1) is 11.8 Å². The van der Waals surface area contributed by atoms with Gasteiger partial charge in [0.05, 0.1) is 19.1 Å². The molecule has 126 valence electrons. The van der Waals surface area contributed by atoms with E-state index in [1.54, 1.807) is 6.92 Å². The van der Waals surface area contributed by atoms with Crippen molar-refractivity contribution in [1.82, 2.24) is 5.32 Å². The first-order valence-corrected chi connectivity index (χ1v) is 8.21. The van der Waals surface area contributed by atoms with E-state index < -0.39 is 12.0 Å². The van der Waals surface area contributed by atoms with Crippen molar-refractivity contribution in [2.24, 2.45) is 17.6 Å². The molecule has 1 aliphatic carbocycles. The van der Waals surface area contributed by atoms with Gasteiger partial charge in [-0.05, 0) is 31.7 Å². The van der Waals surface area contributed by atoms with Crippen molar-refractivity contribution in [1.29, 1.82) is 0 Å². The third-order valence-corrected chi connectivity index (χ3v) is 4.61. The van der Waals surface area contributed by atoms with Crippen LogP contribution in [0.15, 0.2) is 30.3 Å². The summed E-state index contributed by atoms with van der Waals surface area (Å²) in [7, 11) is 1.36. The molecule has 1 aromatic rings. The lowest BCUT2D eigenvalue weighted by Crippen LogP contribution is -2.42. The number of benzene rings is 1. The number of rotatable bonds is 5. The molecular formula is C18H26N2O3. The predicted octanol–water partition coefficient (Wildman–Crippen LogP) is 2.17. The van der Waals surface area contributed by atoms with Crippen molar-refractivity contribution in [3.05, 3.63) is 35.9 Å². The average Bonchev–Trinajstić information content (AvgIpc) is 2.58. The first-order valence-electron chi connectivity index (χ1n) is 8.21. The molecule has 3 N–H and O–H groups in total. The van der Waals surface area contributed by atoms with Crippen molar-refractivity contribution in [3.8, 4) is 0 Å². The van der Waals surface area contributed by atoms with Gasteiger partial charge in [0, 0.05) is 12.0 Å². The summed E-state index contributed by atoms with van der Waals surface area (Å²) in [5.41, 5.74) is 6.88. The minimum Gasteiger partial charge on any atom is -0.469 e. The number of hydrogen-bond acceptors (Lipinski definition) is 4. The molecule has 5 heteroatoms. The molecule has 1 fully saturated rings. The highest BCUT2D eigenvalue weighted by molar-refractivity contribution is 5.81. The molecule has 0 aliphatic heterocycles. The number of ether oxygens (including phenoxy) is 1. The average molecular weight is 318 g/mol. The van der Waals surface area contributed by atoms with Crippen molar-refractivity contribution < 1.29 is 14.3 Å². The molecule has 4 unspecified atom stereocenters. The zero-order valence-corrected chi connectivity index (χ0v) is 13.8. The Morgan fingerprint density at radius 3 is 2.57 bits per heavy atom. The van der Waals surface area contributed by atoms with E-state index in [0.717, 1.165) is 24.8 Å². The summed E-state index contributed by atoms with van der Waals surface area (Å²) in [5, 5.41) is 3.04. The zero-order chi connectivity index (χ0) is 16.8. The van der Waals surface area contributed by atoms with Gasteiger partial charge in [-0.3, -0.25) is 9.59 Å². The maximum Gasteiger partial charge on any atom is 0.310 e. The number of nitrogens with two attached hydrogens (primary N) is 1. The van der Waals surface area contributed by atoms with Crippen molar-refractivity contribution in [2.45, 2.75) is 44.7 Å². The fourth-order valence-corrected chi connectivity index (χ4v) is 3.22. The quantitative estimate of drug-likeness (QED) is 0.815. The highest BCUT2D eigenvalue weighted by Crippen LogP contribution is 2.27. The fraction of sp³-hybridized carbons (Fsp3) is 0.556. The monoisotopic (exact) mass is 318 g/mol. The topological polar surface area (TPSA) is 81.4 Å². The molecular weight excluding hydrogens is 292 g/mol. The van der Waals surface area contributed by atoms with Crippen LogP contribution in [0.25, 0.3) is 0 Å². The van der Waals surface area contributed by atoms with Crippen LogP contribution in [-0.2, 0) is 14.3 Å². The Hall–Kier alpha value is -1.88. The molecule has 0 bridgehead atoms. The second-order valence-electron chi connectivity index (χ2n) is 6.33. The molecule has 1 aromatic carbocycles. The van der Waals surface area contributed by atoms with Gasteiger partial charge in [0.25, 0.3) is 0 Å². The molecule has 4 atom stereocenters. The van der Waals surface area contributed by atoms with Crippen LogP contribution < -0.4 is 11.1 Å². The molecule has 2 rings (SSSR count). The first kappa shape index (κ1) is 17.5. The smallest absolute Gasteiger partial charge is 0.310 e. The summed E-state index contributed by atoms with van der Waals surface area (Å²) in [6.07, 6.45) is 3.51. The van der Waals surface area contributed by atoms with Gasteiger partial charge in [-0.25, -0.2) is 0 Å². The summed E-state index contributed by atoms with van der Waals surface area (Å²) in [4.78, 5) is 24.6. The van der Waals surface area contributed by atoms with Gasteiger partial charge in [0.2, 0.25) is 5.91 Å². The Morgan fingerprint density at radius 2 is 1.96 bits per heavy atom. The lowest BCUT2D eigenvalue weighted by molar-refractivity contribution is -0.146. The summed E-state index contributed by atoms with van der Waals surface area (Å²) >= 11 is 0. The van der Waals surface area contributed by atoms with Gasteiger partial charge in [-0.15, -0.1) is 0 Å². The van der Waals surface area contributed by atoms with E-state index >= 15 is 0 Å². The lowest BCUT2D eigenvalue weighted by Gasteiger charge is -2.29. The van der Waals surface area contributed by atoms with E-state index in [0.29, 0.717) is 6.42 Å². The van der Waals surface area contributed by atoms with E-state index in [-0.39, 0.29) is 23.8 Å². The SMILES string of the molecule is COC(=O)C(C)C(NC(=O)C1CCCC(N)C1)c1ccccc1. The number of hydrogen-bond donors (Lipinski definition) is 2. The van der Waals surface area contributed by atoms with Crippen LogP contribution in [0.2, 0.25) is 0 Å². The first-order chi connectivity index (χ1) is 11.0. The number of carbonyl (C=O) groups is 2. The fourth-order valence-electron chi connectivity index (χ4n) is 3.22. The van der Waals surface area contributed by atoms with Crippen LogP contribution in [0.3, 0.4) is 0 Å². The number of nitrogens with one attached hydrogen (secondary N) is 1. The van der Waals surface area contributed by atoms with Crippen LogP contribution >= 0.6 is 0 Å². The third-order valence-electron chi connectivity index (χ3n) is 4.61. The molecule has 23 heavy (non-hydrogen) atoms. The number of esters is 1. The second kappa shape index (κ2) is 8.11. The van der Waals surface area contributed by atoms with E-state index in [1.807, 2.05) is 30.3 Å². The highest BCUT2D eigenvalue weighted by Gasteiger charge is 2.31. The van der Waals surface area contributed by atoms with Gasteiger partial charge in [-0.2, -0.15) is 0 Å². The van der Waals surface area contributed by atoms with Crippen molar-refractivity contribution in [3.63, 3.8) is 0 Å². The van der Waals surface area contributed by atoms with E-state index in [4.69, 9.17) is 10.5 Å². The number of carbonyl (C=O) groups excluding carboxylic acids is 2. The van der Waals surface area contributed by atoms with Crippen molar-refractivity contribution in [2.75, 3.05) is 7.11 Å². The predicted molar refractivity (Wildman–Crippen MR) is 88.4 cm³/mol. The lowest BCUT2D eigenvalue weighted by atomic mass is 9.85. The van der Waals surface area contributed by atoms with Crippen LogP contribution in [0.1, 0.15) is 44.2 Å². The normalized spacial score (nSPS) is 23.6. The minimum atomic E-state index is -0.455. The maximum absolute atomic E-state index is 12.6. The molecule has 1 amide bonds. The Balaban J connectivity index is 2.14.